The number of hydrogen-bond acceptors (Lipinski definition) is 0. The molecule has 2 aromatic rings. The molecule has 0 unspecified atom stereocenters. The minimum Gasteiger partial charge on any atom is -0.493 e. The predicted molar refractivity (Wildman–Crippen MR) is 225 cm³/mol. The number of allylic oxidation sites excluding steroid dienone is 2. The van der Waals surface area contributed by atoms with E-state index >= 15 is 0 Å². The van der Waals surface area contributed by atoms with Crippen LogP contribution < -0.4 is 0 Å². The van der Waals surface area contributed by atoms with Crippen LogP contribution in [0.15, 0.2) is 47.5 Å². The monoisotopic (exact) mass is 695 g/mol. The minimum absolute atomic E-state index is 1.04. The lowest BCUT2D eigenvalue weighted by atomic mass is 9.89. The minimum atomic E-state index is 1.04. The second kappa shape index (κ2) is 25.5. The van der Waals surface area contributed by atoms with Gasteiger partial charge in [-0.1, -0.05) is 150 Å². The van der Waals surface area contributed by atoms with Crippen molar-refractivity contribution in [2.75, 3.05) is 0 Å². The fraction of sp³-hybridized carbons (Fsp3) is 0.673. The zero-order valence-electron chi connectivity index (χ0n) is 34.5. The third-order valence-electron chi connectivity index (χ3n) is 11.1. The maximum atomic E-state index is 12.7. The normalized spacial score (nSPS) is 13.3. The van der Waals surface area contributed by atoms with E-state index in [-0.39, 0.29) is 0 Å². The smallest absolute Gasteiger partial charge is 0.211 e. The highest BCUT2D eigenvalue weighted by Crippen LogP contribution is 2.45. The molecule has 0 atom stereocenters. The summed E-state index contributed by atoms with van der Waals surface area (Å²) < 4.78 is 1.69. The number of aryl methyl sites for hydroxylation is 4. The summed E-state index contributed by atoms with van der Waals surface area (Å²) >= 11 is 0. The van der Waals surface area contributed by atoms with E-state index in [1.807, 2.05) is 0 Å². The highest BCUT2D eigenvalue weighted by atomic mass is 15.2. The van der Waals surface area contributed by atoms with Gasteiger partial charge in [0.2, 0.25) is 11.4 Å². The van der Waals surface area contributed by atoms with Crippen molar-refractivity contribution in [1.82, 2.24) is 0 Å². The highest BCUT2D eigenvalue weighted by molar-refractivity contribution is 5.82. The summed E-state index contributed by atoms with van der Waals surface area (Å²) in [7, 11) is 0. The van der Waals surface area contributed by atoms with Crippen LogP contribution in [-0.2, 0) is 25.7 Å². The van der Waals surface area contributed by atoms with Crippen LogP contribution in [0.2, 0.25) is 0 Å². The van der Waals surface area contributed by atoms with E-state index in [0.717, 1.165) is 49.9 Å². The zero-order valence-corrected chi connectivity index (χ0v) is 34.5. The molecule has 0 saturated heterocycles. The standard InChI is InChI=1S/C49H78N2/c1-7-13-19-22-23-27-33-47-46(32-24-16-10-4)48(45-38-42(30-25-20-14-8-2)35-43(39-45)31-26-21-15-9-3)51(50)49(47)44-36-40(28-17-11-5)34-41(37-44)29-18-12-6/h34-39H,7-33H2,1-6H3. The SMILES string of the molecule is CCCCCCCCC1=C(c2cc(CCCC)cc(CCCC)c2)[N+](=[N-])C(c2cc(CCCCCC)cc(CCCCCC)c2)=C1CCCCC. The van der Waals surface area contributed by atoms with Crippen molar-refractivity contribution < 1.29 is 4.70 Å². The predicted octanol–water partition coefficient (Wildman–Crippen LogP) is 16.1. The lowest BCUT2D eigenvalue weighted by Gasteiger charge is -2.15. The first-order valence-corrected chi connectivity index (χ1v) is 22.2. The van der Waals surface area contributed by atoms with Gasteiger partial charge in [0.25, 0.3) is 0 Å². The lowest BCUT2D eigenvalue weighted by Crippen LogP contribution is -2.05. The molecule has 0 saturated carbocycles. The summed E-state index contributed by atoms with van der Waals surface area (Å²) in [5, 5.41) is 0. The van der Waals surface area contributed by atoms with Crippen molar-refractivity contribution >= 4 is 11.4 Å². The molecule has 1 heterocycles. The molecule has 0 spiro atoms. The molecule has 1 aliphatic rings. The van der Waals surface area contributed by atoms with Gasteiger partial charge >= 0.3 is 0 Å². The summed E-state index contributed by atoms with van der Waals surface area (Å²) in [6.07, 6.45) is 33.0. The van der Waals surface area contributed by atoms with Gasteiger partial charge in [-0.2, -0.15) is 0 Å². The van der Waals surface area contributed by atoms with Gasteiger partial charge in [-0.05, 0) is 124 Å². The van der Waals surface area contributed by atoms with Crippen LogP contribution in [0.25, 0.3) is 16.9 Å². The van der Waals surface area contributed by atoms with Gasteiger partial charge in [-0.15, -0.1) is 0 Å². The molecule has 2 heteroatoms. The Balaban J connectivity index is 2.18. The van der Waals surface area contributed by atoms with E-state index < -0.39 is 0 Å². The largest absolute Gasteiger partial charge is 0.493 e. The van der Waals surface area contributed by atoms with Gasteiger partial charge < -0.3 is 5.53 Å². The van der Waals surface area contributed by atoms with Gasteiger partial charge in [-0.25, -0.2) is 4.70 Å². The summed E-state index contributed by atoms with van der Waals surface area (Å²) in [4.78, 5) is 0. The van der Waals surface area contributed by atoms with Crippen LogP contribution in [0, 0.1) is 0 Å². The fourth-order valence-electron chi connectivity index (χ4n) is 8.07. The second-order valence-electron chi connectivity index (χ2n) is 15.8. The van der Waals surface area contributed by atoms with E-state index in [9.17, 15) is 5.53 Å². The molecule has 2 nitrogen and oxygen atoms in total. The maximum Gasteiger partial charge on any atom is 0.211 e. The number of nitrogens with zero attached hydrogens (tertiary/aromatic N) is 2. The Morgan fingerprint density at radius 3 is 1.00 bits per heavy atom. The number of benzene rings is 2. The molecule has 284 valence electrons. The fourth-order valence-corrected chi connectivity index (χ4v) is 8.07. The van der Waals surface area contributed by atoms with Gasteiger partial charge in [-0.3, -0.25) is 0 Å². The first-order chi connectivity index (χ1) is 25.0. The molecule has 3 rings (SSSR count). The van der Waals surface area contributed by atoms with Crippen molar-refractivity contribution in [2.45, 2.75) is 215 Å². The molecule has 1 aliphatic heterocycles. The Hall–Kier alpha value is -2.48. The molecule has 0 bridgehead atoms. The Bertz CT molecular complexity index is 1300. The quantitative estimate of drug-likeness (QED) is 0.0598. The van der Waals surface area contributed by atoms with Crippen LogP contribution in [-0.4, -0.2) is 4.70 Å². The Labute approximate surface area is 316 Å². The summed E-state index contributed by atoms with van der Waals surface area (Å²) in [6, 6.07) is 14.7. The molecule has 0 aliphatic carbocycles. The first kappa shape index (κ1) is 42.9. The van der Waals surface area contributed by atoms with Gasteiger partial charge in [0.1, 0.15) is 0 Å². The molecule has 0 radical (unpaired) electrons. The molecule has 0 fully saturated rings. The molecular formula is C49H78N2. The zero-order chi connectivity index (χ0) is 36.7. The molecule has 0 N–H and O–H groups in total. The van der Waals surface area contributed by atoms with Crippen LogP contribution in [0.5, 0.6) is 0 Å². The van der Waals surface area contributed by atoms with E-state index in [1.54, 1.807) is 4.70 Å². The highest BCUT2D eigenvalue weighted by Gasteiger charge is 2.35. The molecule has 0 amide bonds. The van der Waals surface area contributed by atoms with Gasteiger partial charge in [0.15, 0.2) is 0 Å². The maximum absolute atomic E-state index is 12.7. The lowest BCUT2D eigenvalue weighted by molar-refractivity contribution is -0.345. The van der Waals surface area contributed by atoms with Crippen molar-refractivity contribution in [1.29, 1.82) is 0 Å². The Kier molecular flexibility index (Phi) is 21.5. The Morgan fingerprint density at radius 1 is 0.333 bits per heavy atom. The van der Waals surface area contributed by atoms with E-state index in [4.69, 9.17) is 0 Å². The van der Waals surface area contributed by atoms with Crippen LogP contribution in [0.1, 0.15) is 223 Å². The van der Waals surface area contributed by atoms with Crippen LogP contribution in [0.3, 0.4) is 0 Å². The van der Waals surface area contributed by atoms with Crippen LogP contribution in [0.4, 0.5) is 0 Å². The van der Waals surface area contributed by atoms with E-state index in [2.05, 4.69) is 77.9 Å². The number of unbranched alkanes of at least 4 members (excludes halogenated alkanes) is 15. The Morgan fingerprint density at radius 2 is 0.608 bits per heavy atom. The van der Waals surface area contributed by atoms with E-state index in [1.165, 1.54) is 179 Å². The van der Waals surface area contributed by atoms with Gasteiger partial charge in [0, 0.05) is 22.3 Å². The topological polar surface area (TPSA) is 25.3 Å². The summed E-state index contributed by atoms with van der Waals surface area (Å²) in [5.41, 5.74) is 25.9. The molecule has 2 aromatic carbocycles. The van der Waals surface area contributed by atoms with E-state index in [0.29, 0.717) is 0 Å². The summed E-state index contributed by atoms with van der Waals surface area (Å²) in [5.74, 6) is 0. The average Bonchev–Trinajstić information content (AvgIpc) is 3.41. The van der Waals surface area contributed by atoms with Crippen LogP contribution >= 0.6 is 0 Å². The van der Waals surface area contributed by atoms with Gasteiger partial charge in [0.05, 0.1) is 0 Å². The third-order valence-corrected chi connectivity index (χ3v) is 11.1. The second-order valence-corrected chi connectivity index (χ2v) is 15.8. The average molecular weight is 695 g/mol. The first-order valence-electron chi connectivity index (χ1n) is 22.2. The summed E-state index contributed by atoms with van der Waals surface area (Å²) in [6.45, 7) is 13.8. The van der Waals surface area contributed by atoms with Crippen molar-refractivity contribution in [2.24, 2.45) is 0 Å². The number of rotatable bonds is 29. The molecule has 51 heavy (non-hydrogen) atoms. The van der Waals surface area contributed by atoms with Crippen molar-refractivity contribution in [3.05, 3.63) is 86.5 Å². The number of hydrogen-bond donors (Lipinski definition) is 0. The molecular weight excluding hydrogens is 617 g/mol. The van der Waals surface area contributed by atoms with Crippen molar-refractivity contribution in [3.63, 3.8) is 0 Å². The molecule has 0 aromatic heterocycles. The van der Waals surface area contributed by atoms with Crippen molar-refractivity contribution in [3.8, 4) is 0 Å². The third kappa shape index (κ3) is 14.5.